The topological polar surface area (TPSA) is 166 Å². The van der Waals surface area contributed by atoms with Crippen LogP contribution in [0, 0.1) is 0 Å². The molecule has 5 atom stereocenters. The van der Waals surface area contributed by atoms with Crippen molar-refractivity contribution in [2.75, 3.05) is 25.5 Å². The van der Waals surface area contributed by atoms with Crippen LogP contribution in [0.2, 0.25) is 0 Å². The van der Waals surface area contributed by atoms with Gasteiger partial charge in [-0.1, -0.05) is 30.3 Å². The average Bonchev–Trinajstić information content (AvgIpc) is 3.69. The van der Waals surface area contributed by atoms with Gasteiger partial charge in [-0.2, -0.15) is 0 Å². The molecule has 2 amide bonds. The van der Waals surface area contributed by atoms with E-state index < -0.39 is 42.8 Å². The first-order valence-corrected chi connectivity index (χ1v) is 13.5. The first kappa shape index (κ1) is 27.7. The molecular formula is C28H30N8O6. The minimum atomic E-state index is -1.03. The number of amides is 2. The van der Waals surface area contributed by atoms with Crippen molar-refractivity contribution in [3.8, 4) is 0 Å². The molecule has 0 spiro atoms. The second-order valence-electron chi connectivity index (χ2n) is 10.0. The molecule has 0 bridgehead atoms. The van der Waals surface area contributed by atoms with Gasteiger partial charge in [0.2, 0.25) is 0 Å². The molecule has 2 aliphatic heterocycles. The third kappa shape index (κ3) is 5.39. The SMILES string of the molecule is CCNC(=O)Nc1ncnc2c1ncn2C1OC(CN(C)Cc2ncccc2C(=O)O)C2O[C@H](c3ccccc3)OC21. The number of carbonyl (C=O) groups excluding carboxylic acids is 1. The van der Waals surface area contributed by atoms with E-state index in [1.807, 2.05) is 49.2 Å². The van der Waals surface area contributed by atoms with Gasteiger partial charge >= 0.3 is 12.0 Å². The third-order valence-electron chi connectivity index (χ3n) is 7.15. The molecule has 5 heterocycles. The summed E-state index contributed by atoms with van der Waals surface area (Å²) in [7, 11) is 1.87. The van der Waals surface area contributed by atoms with Crippen LogP contribution in [0.25, 0.3) is 11.2 Å². The molecule has 4 unspecified atom stereocenters. The van der Waals surface area contributed by atoms with Crippen molar-refractivity contribution in [3.05, 3.63) is 78.1 Å². The highest BCUT2D eigenvalue weighted by atomic mass is 16.8. The van der Waals surface area contributed by atoms with Crippen molar-refractivity contribution in [1.82, 2.24) is 34.7 Å². The molecule has 3 N–H and O–H groups in total. The molecule has 14 nitrogen and oxygen atoms in total. The first-order valence-electron chi connectivity index (χ1n) is 13.5. The van der Waals surface area contributed by atoms with E-state index in [0.717, 1.165) is 5.56 Å². The summed E-state index contributed by atoms with van der Waals surface area (Å²) in [6.45, 7) is 2.98. The predicted octanol–water partition coefficient (Wildman–Crippen LogP) is 2.57. The van der Waals surface area contributed by atoms with Crippen LogP contribution in [0.5, 0.6) is 0 Å². The van der Waals surface area contributed by atoms with Gasteiger partial charge in [-0.05, 0) is 26.1 Å². The largest absolute Gasteiger partial charge is 0.478 e. The standard InChI is InChI=1S/C28H30N8O6/c1-3-29-28(39)34-23-20-24(32-14-31-23)36(15-33-20)25-22-21(41-27(42-22)16-8-5-4-6-9-16)19(40-25)13-35(2)12-18-17(26(37)38)10-7-11-30-18/h4-11,14-15,19,21-22,25,27H,3,12-13H2,1-2H3,(H,37,38)(H2,29,31,32,34,39)/t19?,21?,22?,25?,27-/m0/s1. The van der Waals surface area contributed by atoms with Crippen LogP contribution >= 0.6 is 0 Å². The quantitative estimate of drug-likeness (QED) is 0.269. The van der Waals surface area contributed by atoms with E-state index in [4.69, 9.17) is 14.2 Å². The van der Waals surface area contributed by atoms with Crippen LogP contribution in [0.4, 0.5) is 10.6 Å². The molecule has 42 heavy (non-hydrogen) atoms. The maximum atomic E-state index is 12.2. The highest BCUT2D eigenvalue weighted by molar-refractivity contribution is 5.95. The fraction of sp³-hybridized carbons (Fsp3) is 0.357. The second kappa shape index (κ2) is 11.8. The van der Waals surface area contributed by atoms with Gasteiger partial charge in [-0.3, -0.25) is 19.8 Å². The van der Waals surface area contributed by atoms with Gasteiger partial charge in [0.15, 0.2) is 29.5 Å². The van der Waals surface area contributed by atoms with Crippen LogP contribution < -0.4 is 10.6 Å². The summed E-state index contributed by atoms with van der Waals surface area (Å²) in [6.07, 6.45) is 1.87. The van der Waals surface area contributed by atoms with Crippen molar-refractivity contribution < 1.29 is 28.9 Å². The Morgan fingerprint density at radius 2 is 1.83 bits per heavy atom. The van der Waals surface area contributed by atoms with Crippen LogP contribution in [0.1, 0.15) is 41.1 Å². The lowest BCUT2D eigenvalue weighted by Crippen LogP contribution is -2.37. The Labute approximate surface area is 240 Å². The summed E-state index contributed by atoms with van der Waals surface area (Å²) in [5.41, 5.74) is 2.34. The molecule has 1 aromatic carbocycles. The number of aromatic carboxylic acids is 1. The predicted molar refractivity (Wildman–Crippen MR) is 148 cm³/mol. The number of carboxylic acid groups (broad SMARTS) is 1. The van der Waals surface area contributed by atoms with Gasteiger partial charge in [0, 0.05) is 31.4 Å². The zero-order valence-corrected chi connectivity index (χ0v) is 23.0. The van der Waals surface area contributed by atoms with E-state index in [1.165, 1.54) is 12.4 Å². The summed E-state index contributed by atoms with van der Waals surface area (Å²) < 4.78 is 21.2. The zero-order chi connectivity index (χ0) is 29.2. The van der Waals surface area contributed by atoms with Crippen LogP contribution in [-0.4, -0.2) is 85.0 Å². The number of nitrogens with one attached hydrogen (secondary N) is 2. The van der Waals surface area contributed by atoms with E-state index >= 15 is 0 Å². The number of imidazole rings is 1. The number of ether oxygens (including phenoxy) is 3. The summed E-state index contributed by atoms with van der Waals surface area (Å²) in [5.74, 6) is -0.761. The molecule has 0 saturated carbocycles. The molecule has 3 aromatic heterocycles. The molecule has 0 aliphatic carbocycles. The smallest absolute Gasteiger partial charge is 0.337 e. The van der Waals surface area contributed by atoms with Crippen LogP contribution in [0.3, 0.4) is 0 Å². The molecule has 6 rings (SSSR count). The highest BCUT2D eigenvalue weighted by Gasteiger charge is 2.54. The number of likely N-dealkylation sites (N-methyl/N-ethyl adjacent to an activating group) is 1. The Kier molecular flexibility index (Phi) is 7.75. The number of rotatable bonds is 9. The molecular weight excluding hydrogens is 544 g/mol. The summed E-state index contributed by atoms with van der Waals surface area (Å²) in [4.78, 5) is 43.2. The van der Waals surface area contributed by atoms with E-state index in [0.29, 0.717) is 36.5 Å². The average molecular weight is 575 g/mol. The highest BCUT2D eigenvalue weighted by Crippen LogP contribution is 2.45. The number of carboxylic acids is 1. The number of carbonyl (C=O) groups is 2. The van der Waals surface area contributed by atoms with Crippen molar-refractivity contribution in [1.29, 1.82) is 0 Å². The Hall–Kier alpha value is -4.50. The normalized spacial score (nSPS) is 23.3. The van der Waals surface area contributed by atoms with Gasteiger partial charge in [-0.15, -0.1) is 0 Å². The van der Waals surface area contributed by atoms with Gasteiger partial charge in [0.05, 0.1) is 17.6 Å². The molecule has 0 radical (unpaired) electrons. The lowest BCUT2D eigenvalue weighted by atomic mass is 10.1. The molecule has 2 aliphatic rings. The van der Waals surface area contributed by atoms with Crippen molar-refractivity contribution >= 4 is 29.0 Å². The minimum Gasteiger partial charge on any atom is -0.478 e. The lowest BCUT2D eigenvalue weighted by molar-refractivity contribution is -0.150. The maximum absolute atomic E-state index is 12.2. The van der Waals surface area contributed by atoms with E-state index in [9.17, 15) is 14.7 Å². The van der Waals surface area contributed by atoms with Crippen LogP contribution in [-0.2, 0) is 20.8 Å². The molecule has 2 saturated heterocycles. The van der Waals surface area contributed by atoms with Gasteiger partial charge < -0.3 is 24.6 Å². The van der Waals surface area contributed by atoms with E-state index in [-0.39, 0.29) is 11.4 Å². The lowest BCUT2D eigenvalue weighted by Gasteiger charge is -2.25. The summed E-state index contributed by atoms with van der Waals surface area (Å²) in [6, 6.07) is 12.4. The molecule has 4 aromatic rings. The molecule has 14 heteroatoms. The fourth-order valence-electron chi connectivity index (χ4n) is 5.30. The maximum Gasteiger partial charge on any atom is 0.337 e. The van der Waals surface area contributed by atoms with Crippen LogP contribution in [0.15, 0.2) is 61.3 Å². The number of pyridine rings is 1. The van der Waals surface area contributed by atoms with E-state index in [2.05, 4.69) is 30.6 Å². The van der Waals surface area contributed by atoms with E-state index in [1.54, 1.807) is 23.2 Å². The number of hydrogen-bond donors (Lipinski definition) is 3. The second-order valence-corrected chi connectivity index (χ2v) is 10.0. The number of nitrogens with zero attached hydrogens (tertiary/aromatic N) is 6. The number of anilines is 1. The third-order valence-corrected chi connectivity index (χ3v) is 7.15. The van der Waals surface area contributed by atoms with Crippen molar-refractivity contribution in [2.24, 2.45) is 0 Å². The number of hydrogen-bond acceptors (Lipinski definition) is 10. The first-order chi connectivity index (χ1) is 20.4. The monoisotopic (exact) mass is 574 g/mol. The number of aromatic nitrogens is 5. The Morgan fingerprint density at radius 3 is 2.62 bits per heavy atom. The van der Waals surface area contributed by atoms with Gasteiger partial charge in [0.25, 0.3) is 0 Å². The molecule has 2 fully saturated rings. The Bertz CT molecular complexity index is 1580. The molecule has 218 valence electrons. The van der Waals surface area contributed by atoms with Crippen molar-refractivity contribution in [2.45, 2.75) is 44.3 Å². The number of fused-ring (bicyclic) bond motifs is 2. The Balaban J connectivity index is 1.28. The number of urea groups is 1. The van der Waals surface area contributed by atoms with Gasteiger partial charge in [-0.25, -0.2) is 24.5 Å². The number of benzene rings is 1. The zero-order valence-electron chi connectivity index (χ0n) is 23.0. The summed E-state index contributed by atoms with van der Waals surface area (Å²) in [5, 5.41) is 15.0. The Morgan fingerprint density at radius 1 is 1.02 bits per heavy atom. The minimum absolute atomic E-state index is 0.152. The van der Waals surface area contributed by atoms with Gasteiger partial charge in [0.1, 0.15) is 24.6 Å². The fourth-order valence-corrected chi connectivity index (χ4v) is 5.30. The van der Waals surface area contributed by atoms with Crippen molar-refractivity contribution in [3.63, 3.8) is 0 Å². The summed E-state index contributed by atoms with van der Waals surface area (Å²) >= 11 is 0.